The molecule has 1 aliphatic heterocycles. The lowest BCUT2D eigenvalue weighted by Gasteiger charge is -2.29. The Balaban J connectivity index is 1.90. The molecule has 0 saturated carbocycles. The number of rotatable bonds is 3. The molecule has 2 rings (SSSR count). The fraction of sp³-hybridized carbons (Fsp3) is 0.688. The minimum Gasteiger partial charge on any atom is -0.296 e. The van der Waals surface area contributed by atoms with E-state index in [2.05, 4.69) is 41.6 Å². The molecule has 1 aromatic rings. The Morgan fingerprint density at radius 1 is 1.35 bits per heavy atom. The van der Waals surface area contributed by atoms with Crippen LogP contribution in [0.25, 0.3) is 0 Å². The lowest BCUT2D eigenvalue weighted by atomic mass is 9.77. The molecule has 2 heterocycles. The second-order valence-corrected chi connectivity index (χ2v) is 9.26. The average Bonchev–Trinajstić information content (AvgIpc) is 2.64. The zero-order chi connectivity index (χ0) is 14.8. The van der Waals surface area contributed by atoms with Gasteiger partial charge in [0.05, 0.1) is 15.2 Å². The van der Waals surface area contributed by atoms with Crippen LogP contribution in [0.15, 0.2) is 15.9 Å². The smallest absolute Gasteiger partial charge is 0.186 e. The van der Waals surface area contributed by atoms with Crippen LogP contribution in [0.4, 0.5) is 0 Å². The summed E-state index contributed by atoms with van der Waals surface area (Å²) in [6.45, 7) is 9.69. The average molecular weight is 358 g/mol. The zero-order valence-corrected chi connectivity index (χ0v) is 15.0. The number of Topliss-reactive ketones (excluding diaryl/α,β-unsaturated/α-hetero) is 1. The van der Waals surface area contributed by atoms with E-state index in [4.69, 9.17) is 0 Å². The number of carbonyl (C=O) groups is 1. The van der Waals surface area contributed by atoms with Gasteiger partial charge in [-0.2, -0.15) is 0 Å². The van der Waals surface area contributed by atoms with Crippen LogP contribution in [-0.4, -0.2) is 30.3 Å². The first-order chi connectivity index (χ1) is 9.36. The summed E-state index contributed by atoms with van der Waals surface area (Å²) in [5, 5.41) is 0. The molecule has 4 heteroatoms. The van der Waals surface area contributed by atoms with E-state index in [1.165, 1.54) is 30.6 Å². The third kappa shape index (κ3) is 4.40. The lowest BCUT2D eigenvalue weighted by Crippen LogP contribution is -2.31. The van der Waals surface area contributed by atoms with E-state index in [1.54, 1.807) is 0 Å². The molecule has 0 spiro atoms. The summed E-state index contributed by atoms with van der Waals surface area (Å²) in [6, 6.07) is 3.88. The van der Waals surface area contributed by atoms with Crippen LogP contribution in [-0.2, 0) is 0 Å². The van der Waals surface area contributed by atoms with Gasteiger partial charge in [0.15, 0.2) is 5.78 Å². The molecule has 0 bridgehead atoms. The number of hydrogen-bond acceptors (Lipinski definition) is 3. The highest BCUT2D eigenvalue weighted by molar-refractivity contribution is 9.11. The summed E-state index contributed by atoms with van der Waals surface area (Å²) in [7, 11) is 0. The van der Waals surface area contributed by atoms with Gasteiger partial charge in [0.2, 0.25) is 0 Å². The predicted octanol–water partition coefficient (Wildman–Crippen LogP) is 4.84. The van der Waals surface area contributed by atoms with E-state index in [-0.39, 0.29) is 5.78 Å². The Morgan fingerprint density at radius 2 is 2.10 bits per heavy atom. The molecule has 112 valence electrons. The van der Waals surface area contributed by atoms with Crippen LogP contribution in [0, 0.1) is 11.3 Å². The quantitative estimate of drug-likeness (QED) is 0.721. The topological polar surface area (TPSA) is 20.3 Å². The number of likely N-dealkylation sites (tertiary alicyclic amines) is 1. The molecule has 1 unspecified atom stereocenters. The van der Waals surface area contributed by atoms with E-state index in [0.29, 0.717) is 12.0 Å². The summed E-state index contributed by atoms with van der Waals surface area (Å²) in [4.78, 5) is 15.5. The molecule has 20 heavy (non-hydrogen) atoms. The van der Waals surface area contributed by atoms with Gasteiger partial charge in [0.1, 0.15) is 0 Å². The van der Waals surface area contributed by atoms with Crippen LogP contribution in [0.1, 0.15) is 49.7 Å². The molecule has 0 aromatic carbocycles. The van der Waals surface area contributed by atoms with E-state index in [1.807, 2.05) is 12.1 Å². The highest BCUT2D eigenvalue weighted by Gasteiger charge is 2.27. The van der Waals surface area contributed by atoms with E-state index >= 15 is 0 Å². The Hall–Kier alpha value is -0.190. The maximum atomic E-state index is 12.3. The molecular weight excluding hydrogens is 334 g/mol. The molecule has 1 saturated heterocycles. The minimum absolute atomic E-state index is 0.259. The van der Waals surface area contributed by atoms with Crippen molar-refractivity contribution in [3.8, 4) is 0 Å². The van der Waals surface area contributed by atoms with Gasteiger partial charge in [0.25, 0.3) is 0 Å². The molecule has 1 aliphatic rings. The summed E-state index contributed by atoms with van der Waals surface area (Å²) in [5.41, 5.74) is 0.388. The van der Waals surface area contributed by atoms with Crippen molar-refractivity contribution in [2.45, 2.75) is 40.0 Å². The largest absolute Gasteiger partial charge is 0.296 e. The van der Waals surface area contributed by atoms with Gasteiger partial charge >= 0.3 is 0 Å². The first kappa shape index (κ1) is 16.2. The maximum absolute atomic E-state index is 12.3. The van der Waals surface area contributed by atoms with Gasteiger partial charge in [-0.25, -0.2) is 0 Å². The monoisotopic (exact) mass is 357 g/mol. The van der Waals surface area contributed by atoms with E-state index < -0.39 is 0 Å². The molecule has 1 fully saturated rings. The molecule has 1 atom stereocenters. The van der Waals surface area contributed by atoms with Crippen molar-refractivity contribution in [1.82, 2.24) is 4.90 Å². The molecule has 0 radical (unpaired) electrons. The lowest BCUT2D eigenvalue weighted by molar-refractivity contribution is 0.0934. The second kappa shape index (κ2) is 6.71. The van der Waals surface area contributed by atoms with Crippen molar-refractivity contribution in [2.24, 2.45) is 11.3 Å². The summed E-state index contributed by atoms with van der Waals surface area (Å²) < 4.78 is 1.03. The van der Waals surface area contributed by atoms with Gasteiger partial charge in [0, 0.05) is 0 Å². The van der Waals surface area contributed by atoms with Gasteiger partial charge in [-0.3, -0.25) is 9.69 Å². The Bertz CT molecular complexity index is 463. The Labute approximate surface area is 134 Å². The fourth-order valence-corrected chi connectivity index (χ4v) is 4.24. The van der Waals surface area contributed by atoms with Gasteiger partial charge in [-0.1, -0.05) is 20.8 Å². The second-order valence-electron chi connectivity index (χ2n) is 6.80. The molecule has 1 aromatic heterocycles. The molecular formula is C16H24BrNOS. The highest BCUT2D eigenvalue weighted by atomic mass is 79.9. The zero-order valence-electron chi connectivity index (χ0n) is 12.6. The third-order valence-electron chi connectivity index (χ3n) is 4.26. The SMILES string of the molecule is CC(C)(C)C1CCCN(CC(=O)c2ccc(Br)s2)CC1. The molecule has 2 nitrogen and oxygen atoms in total. The van der Waals surface area contributed by atoms with Crippen LogP contribution in [0.3, 0.4) is 0 Å². The Kier molecular flexibility index (Phi) is 5.43. The summed E-state index contributed by atoms with van der Waals surface area (Å²) >= 11 is 4.96. The standard InChI is InChI=1S/C16H24BrNOS/c1-16(2,3)12-5-4-9-18(10-8-12)11-13(19)14-6-7-15(17)20-14/h6-7,12H,4-5,8-11H2,1-3H3. The van der Waals surface area contributed by atoms with E-state index in [0.717, 1.165) is 27.7 Å². The highest BCUT2D eigenvalue weighted by Crippen LogP contribution is 2.34. The van der Waals surface area contributed by atoms with Crippen molar-refractivity contribution < 1.29 is 4.79 Å². The van der Waals surface area contributed by atoms with Crippen LogP contribution in [0.5, 0.6) is 0 Å². The summed E-state index contributed by atoms with van der Waals surface area (Å²) in [5.74, 6) is 1.04. The first-order valence-corrected chi connectivity index (χ1v) is 8.98. The van der Waals surface area contributed by atoms with E-state index in [9.17, 15) is 4.79 Å². The number of carbonyl (C=O) groups excluding carboxylic acids is 1. The van der Waals surface area contributed by atoms with Gasteiger partial charge in [-0.15, -0.1) is 11.3 Å². The van der Waals surface area contributed by atoms with Crippen molar-refractivity contribution in [1.29, 1.82) is 0 Å². The number of hydrogen-bond donors (Lipinski definition) is 0. The number of ketones is 1. The molecule has 0 N–H and O–H groups in total. The minimum atomic E-state index is 0.259. The van der Waals surface area contributed by atoms with Crippen LogP contribution in [0.2, 0.25) is 0 Å². The molecule has 0 amide bonds. The third-order valence-corrected chi connectivity index (χ3v) is 5.93. The normalized spacial score (nSPS) is 21.7. The van der Waals surface area contributed by atoms with Crippen molar-refractivity contribution >= 4 is 33.0 Å². The first-order valence-electron chi connectivity index (χ1n) is 7.37. The number of halogens is 1. The maximum Gasteiger partial charge on any atom is 0.186 e. The summed E-state index contributed by atoms with van der Waals surface area (Å²) in [6.07, 6.45) is 3.72. The molecule has 0 aliphatic carbocycles. The fourth-order valence-electron chi connectivity index (χ4n) is 2.93. The van der Waals surface area contributed by atoms with Crippen LogP contribution < -0.4 is 0 Å². The van der Waals surface area contributed by atoms with Crippen molar-refractivity contribution in [3.63, 3.8) is 0 Å². The predicted molar refractivity (Wildman–Crippen MR) is 89.6 cm³/mol. The Morgan fingerprint density at radius 3 is 2.70 bits per heavy atom. The number of nitrogens with zero attached hydrogens (tertiary/aromatic N) is 1. The van der Waals surface area contributed by atoms with Crippen molar-refractivity contribution in [3.05, 3.63) is 20.8 Å². The van der Waals surface area contributed by atoms with Crippen LogP contribution >= 0.6 is 27.3 Å². The van der Waals surface area contributed by atoms with Crippen molar-refractivity contribution in [2.75, 3.05) is 19.6 Å². The number of thiophene rings is 1. The van der Waals surface area contributed by atoms with Gasteiger partial charge < -0.3 is 0 Å². The van der Waals surface area contributed by atoms with Gasteiger partial charge in [-0.05, 0) is 71.7 Å².